The number of imidazole rings is 1. The third-order valence-electron chi connectivity index (χ3n) is 3.65. The van der Waals surface area contributed by atoms with Gasteiger partial charge < -0.3 is 9.30 Å². The Kier molecular flexibility index (Phi) is 5.52. The molecule has 7 nitrogen and oxygen atoms in total. The maximum absolute atomic E-state index is 14.0. The van der Waals surface area contributed by atoms with Crippen molar-refractivity contribution in [1.82, 2.24) is 24.5 Å². The molecule has 0 bridgehead atoms. The van der Waals surface area contributed by atoms with E-state index in [1.165, 1.54) is 31.6 Å². The lowest BCUT2D eigenvalue weighted by Gasteiger charge is -2.12. The van der Waals surface area contributed by atoms with Crippen molar-refractivity contribution in [2.75, 3.05) is 6.61 Å². The van der Waals surface area contributed by atoms with E-state index in [0.29, 0.717) is 30.0 Å². The zero-order chi connectivity index (χ0) is 18.5. The minimum absolute atomic E-state index is 0.152. The Morgan fingerprint density at radius 2 is 2.12 bits per heavy atom. The highest BCUT2D eigenvalue weighted by atomic mass is 35.5. The smallest absolute Gasteiger partial charge is 0.302 e. The van der Waals surface area contributed by atoms with Crippen LogP contribution in [0.4, 0.5) is 4.39 Å². The summed E-state index contributed by atoms with van der Waals surface area (Å²) >= 11 is 6.18. The van der Waals surface area contributed by atoms with Crippen LogP contribution in [0.5, 0.6) is 0 Å². The first-order valence-electron chi connectivity index (χ1n) is 7.80. The van der Waals surface area contributed by atoms with E-state index >= 15 is 0 Å². The highest BCUT2D eigenvalue weighted by Gasteiger charge is 2.16. The first kappa shape index (κ1) is 17.9. The van der Waals surface area contributed by atoms with Gasteiger partial charge in [-0.15, -0.1) is 0 Å². The van der Waals surface area contributed by atoms with Crippen molar-refractivity contribution >= 4 is 17.6 Å². The summed E-state index contributed by atoms with van der Waals surface area (Å²) in [5, 5.41) is 0.285. The molecule has 0 aliphatic carbocycles. The lowest BCUT2D eigenvalue weighted by atomic mass is 10.1. The van der Waals surface area contributed by atoms with Crippen molar-refractivity contribution in [3.8, 4) is 11.5 Å². The molecule has 0 N–H and O–H groups in total. The fourth-order valence-corrected chi connectivity index (χ4v) is 2.72. The molecule has 0 fully saturated rings. The quantitative estimate of drug-likeness (QED) is 0.486. The number of carbonyl (C=O) groups excluding carboxylic acids is 1. The largest absolute Gasteiger partial charge is 0.466 e. The van der Waals surface area contributed by atoms with Gasteiger partial charge in [0.1, 0.15) is 17.2 Å². The van der Waals surface area contributed by atoms with Crippen molar-refractivity contribution in [3.05, 3.63) is 59.3 Å². The molecule has 0 amide bonds. The van der Waals surface area contributed by atoms with Crippen LogP contribution < -0.4 is 0 Å². The number of nitrogens with zero attached hydrogens (tertiary/aromatic N) is 5. The van der Waals surface area contributed by atoms with E-state index in [1.54, 1.807) is 17.0 Å². The Balaban J connectivity index is 1.89. The molecule has 0 radical (unpaired) electrons. The molecule has 0 aliphatic rings. The number of hydrogen-bond acceptors (Lipinski definition) is 6. The highest BCUT2D eigenvalue weighted by Crippen LogP contribution is 2.22. The molecular weight excluding hydrogens is 361 g/mol. The first-order chi connectivity index (χ1) is 12.6. The molecule has 0 saturated heterocycles. The van der Waals surface area contributed by atoms with Crippen LogP contribution in [0.15, 0.2) is 37.1 Å². The number of hydrogen-bond donors (Lipinski definition) is 0. The van der Waals surface area contributed by atoms with E-state index in [1.807, 2.05) is 0 Å². The zero-order valence-corrected chi connectivity index (χ0v) is 14.6. The third kappa shape index (κ3) is 4.02. The summed E-state index contributed by atoms with van der Waals surface area (Å²) in [4.78, 5) is 27.5. The zero-order valence-electron chi connectivity index (χ0n) is 13.9. The van der Waals surface area contributed by atoms with Crippen LogP contribution in [-0.2, 0) is 22.5 Å². The monoisotopic (exact) mass is 375 g/mol. The van der Waals surface area contributed by atoms with Gasteiger partial charge in [0, 0.05) is 37.5 Å². The van der Waals surface area contributed by atoms with Gasteiger partial charge in [-0.05, 0) is 12.1 Å². The van der Waals surface area contributed by atoms with Crippen LogP contribution in [0.2, 0.25) is 5.15 Å². The Hall–Kier alpha value is -2.87. The molecular formula is C17H15ClFN5O2. The Labute approximate surface area is 153 Å². The number of carbonyl (C=O) groups is 1. The summed E-state index contributed by atoms with van der Waals surface area (Å²) in [6.07, 6.45) is 6.49. The minimum atomic E-state index is -0.462. The topological polar surface area (TPSA) is 82.8 Å². The van der Waals surface area contributed by atoms with E-state index in [9.17, 15) is 9.18 Å². The molecule has 0 aromatic carbocycles. The number of halogens is 2. The molecule has 134 valence electrons. The first-order valence-corrected chi connectivity index (χ1v) is 8.17. The summed E-state index contributed by atoms with van der Waals surface area (Å²) in [5.41, 5.74) is 1.45. The SMILES string of the molecule is CC(=O)OCCc1c(Cl)ncnc1Cn1ccnc1-c1ncccc1F. The molecule has 0 atom stereocenters. The number of rotatable bonds is 6. The predicted molar refractivity (Wildman–Crippen MR) is 91.9 cm³/mol. The molecule has 3 aromatic rings. The Morgan fingerprint density at radius 3 is 2.88 bits per heavy atom. The summed E-state index contributed by atoms with van der Waals surface area (Å²) in [6, 6.07) is 2.84. The second-order valence-corrected chi connectivity index (χ2v) is 5.75. The van der Waals surface area contributed by atoms with Gasteiger partial charge >= 0.3 is 5.97 Å². The van der Waals surface area contributed by atoms with E-state index in [0.717, 1.165) is 0 Å². The van der Waals surface area contributed by atoms with E-state index in [4.69, 9.17) is 16.3 Å². The van der Waals surface area contributed by atoms with Gasteiger partial charge in [0.2, 0.25) is 0 Å². The molecule has 0 saturated carbocycles. The van der Waals surface area contributed by atoms with Crippen LogP contribution in [0.25, 0.3) is 11.5 Å². The van der Waals surface area contributed by atoms with Gasteiger partial charge in [-0.25, -0.2) is 24.3 Å². The Bertz CT molecular complexity index is 931. The lowest BCUT2D eigenvalue weighted by molar-refractivity contribution is -0.140. The molecule has 0 unspecified atom stereocenters. The van der Waals surface area contributed by atoms with E-state index in [2.05, 4.69) is 19.9 Å². The molecule has 26 heavy (non-hydrogen) atoms. The molecule has 9 heteroatoms. The predicted octanol–water partition coefficient (Wildman–Crippen LogP) is 2.68. The van der Waals surface area contributed by atoms with Gasteiger partial charge in [-0.3, -0.25) is 4.79 Å². The second kappa shape index (κ2) is 8.01. The molecule has 0 aliphatic heterocycles. The van der Waals surface area contributed by atoms with Crippen molar-refractivity contribution in [1.29, 1.82) is 0 Å². The second-order valence-electron chi connectivity index (χ2n) is 5.39. The van der Waals surface area contributed by atoms with Crippen LogP contribution in [0.1, 0.15) is 18.2 Å². The van der Waals surface area contributed by atoms with Crippen LogP contribution >= 0.6 is 11.6 Å². The third-order valence-corrected chi connectivity index (χ3v) is 3.97. The van der Waals surface area contributed by atoms with Crippen molar-refractivity contribution in [2.24, 2.45) is 0 Å². The van der Waals surface area contributed by atoms with Gasteiger partial charge in [-0.2, -0.15) is 0 Å². The van der Waals surface area contributed by atoms with E-state index < -0.39 is 5.82 Å². The van der Waals surface area contributed by atoms with Crippen LogP contribution in [0.3, 0.4) is 0 Å². The number of esters is 1. The summed E-state index contributed by atoms with van der Waals surface area (Å²) < 4.78 is 20.7. The fourth-order valence-electron chi connectivity index (χ4n) is 2.47. The summed E-state index contributed by atoms with van der Waals surface area (Å²) in [6.45, 7) is 1.80. The van der Waals surface area contributed by atoms with Crippen molar-refractivity contribution in [3.63, 3.8) is 0 Å². The maximum atomic E-state index is 14.0. The average Bonchev–Trinajstić information content (AvgIpc) is 3.05. The molecule has 3 aromatic heterocycles. The number of aromatic nitrogens is 5. The molecule has 0 spiro atoms. The summed E-state index contributed by atoms with van der Waals surface area (Å²) in [7, 11) is 0. The van der Waals surface area contributed by atoms with Gasteiger partial charge in [0.05, 0.1) is 18.8 Å². The van der Waals surface area contributed by atoms with Crippen LogP contribution in [-0.4, -0.2) is 37.1 Å². The molecule has 3 rings (SSSR count). The summed E-state index contributed by atoms with van der Waals surface area (Å²) in [5.74, 6) is -0.457. The van der Waals surface area contributed by atoms with Crippen molar-refractivity contribution in [2.45, 2.75) is 19.9 Å². The van der Waals surface area contributed by atoms with Gasteiger partial charge in [-0.1, -0.05) is 11.6 Å². The maximum Gasteiger partial charge on any atom is 0.302 e. The normalized spacial score (nSPS) is 10.7. The average molecular weight is 376 g/mol. The Morgan fingerprint density at radius 1 is 1.27 bits per heavy atom. The standard InChI is InChI=1S/C17H15ClFN5O2/c1-11(25)26-8-4-12-14(22-10-23-16(12)18)9-24-7-6-21-17(24)15-13(19)3-2-5-20-15/h2-3,5-7,10H,4,8-9H2,1H3. The number of ether oxygens (including phenoxy) is 1. The highest BCUT2D eigenvalue weighted by molar-refractivity contribution is 6.30. The van der Waals surface area contributed by atoms with E-state index in [-0.39, 0.29) is 23.4 Å². The number of pyridine rings is 1. The molecule has 3 heterocycles. The fraction of sp³-hybridized carbons (Fsp3) is 0.235. The lowest BCUT2D eigenvalue weighted by Crippen LogP contribution is -2.11. The van der Waals surface area contributed by atoms with Crippen LogP contribution in [0, 0.1) is 5.82 Å². The van der Waals surface area contributed by atoms with Gasteiger partial charge in [0.25, 0.3) is 0 Å². The van der Waals surface area contributed by atoms with Gasteiger partial charge in [0.15, 0.2) is 11.6 Å². The minimum Gasteiger partial charge on any atom is -0.466 e. The van der Waals surface area contributed by atoms with Crippen molar-refractivity contribution < 1.29 is 13.9 Å².